The molecule has 0 bridgehead atoms. The van der Waals surface area contributed by atoms with Crippen LogP contribution in [0.2, 0.25) is 0 Å². The normalized spacial score (nSPS) is 10.3. The lowest BCUT2D eigenvalue weighted by Crippen LogP contribution is -2.32. The maximum Gasteiger partial charge on any atom is 0.269 e. The van der Waals surface area contributed by atoms with Gasteiger partial charge in [0.2, 0.25) is 0 Å². The maximum absolute atomic E-state index is 12.0. The van der Waals surface area contributed by atoms with Gasteiger partial charge in [0.15, 0.2) is 0 Å². The lowest BCUT2D eigenvalue weighted by molar-refractivity contribution is -0.384. The molecule has 23 heavy (non-hydrogen) atoms. The number of nitrogens with zero attached hydrogens (tertiary/aromatic N) is 3. The smallest absolute Gasteiger partial charge is 0.269 e. The first-order valence-corrected chi connectivity index (χ1v) is 6.95. The van der Waals surface area contributed by atoms with E-state index in [0.717, 1.165) is 0 Å². The summed E-state index contributed by atoms with van der Waals surface area (Å²) >= 11 is 0. The fourth-order valence-corrected chi connectivity index (χ4v) is 1.96. The van der Waals surface area contributed by atoms with Crippen molar-refractivity contribution in [3.05, 3.63) is 67.9 Å². The second-order valence-electron chi connectivity index (χ2n) is 5.01. The number of benzene rings is 1. The van der Waals surface area contributed by atoms with Crippen LogP contribution in [0.5, 0.6) is 0 Å². The third-order valence-electron chi connectivity index (χ3n) is 3.49. The minimum absolute atomic E-state index is 0.0747. The van der Waals surface area contributed by atoms with Gasteiger partial charge >= 0.3 is 0 Å². The van der Waals surface area contributed by atoms with Gasteiger partial charge in [-0.15, -0.1) is 0 Å². The average Bonchev–Trinajstić information content (AvgIpc) is 2.54. The van der Waals surface area contributed by atoms with E-state index in [-0.39, 0.29) is 23.7 Å². The molecule has 0 fully saturated rings. The molecule has 0 saturated carbocycles. The van der Waals surface area contributed by atoms with Crippen LogP contribution in [0.15, 0.2) is 35.4 Å². The molecule has 1 N–H and O–H groups in total. The van der Waals surface area contributed by atoms with Gasteiger partial charge in [0, 0.05) is 42.0 Å². The number of hydrogen-bond donors (Lipinski definition) is 1. The first-order valence-electron chi connectivity index (χ1n) is 6.95. The molecule has 8 heteroatoms. The molecule has 0 aliphatic rings. The molecule has 120 valence electrons. The largest absolute Gasteiger partial charge is 0.350 e. The second-order valence-corrected chi connectivity index (χ2v) is 5.01. The minimum atomic E-state index is -0.527. The van der Waals surface area contributed by atoms with Crippen molar-refractivity contribution < 1.29 is 9.72 Å². The highest BCUT2D eigenvalue weighted by molar-refractivity contribution is 5.94. The van der Waals surface area contributed by atoms with Crippen LogP contribution in [0.3, 0.4) is 0 Å². The average molecular weight is 316 g/mol. The predicted octanol–water partition coefficient (Wildman–Crippen LogP) is 1.20. The SMILES string of the molecule is Cc1ncn(CCNC(=O)c2ccc([N+](=O)[O-])cc2)c(=O)c1C. The Morgan fingerprint density at radius 3 is 2.57 bits per heavy atom. The van der Waals surface area contributed by atoms with E-state index in [9.17, 15) is 19.7 Å². The predicted molar refractivity (Wildman–Crippen MR) is 83.4 cm³/mol. The number of nitro benzene ring substituents is 1. The van der Waals surface area contributed by atoms with Gasteiger partial charge in [-0.3, -0.25) is 24.3 Å². The number of carbonyl (C=O) groups excluding carboxylic acids is 1. The Morgan fingerprint density at radius 2 is 1.96 bits per heavy atom. The molecule has 2 aromatic rings. The zero-order valence-electron chi connectivity index (χ0n) is 12.8. The van der Waals surface area contributed by atoms with Gasteiger partial charge in [0.25, 0.3) is 17.2 Å². The minimum Gasteiger partial charge on any atom is -0.350 e. The molecule has 0 saturated heterocycles. The fourth-order valence-electron chi connectivity index (χ4n) is 1.96. The second kappa shape index (κ2) is 6.82. The lowest BCUT2D eigenvalue weighted by Gasteiger charge is -2.09. The number of aromatic nitrogens is 2. The van der Waals surface area contributed by atoms with Crippen LogP contribution in [-0.4, -0.2) is 26.9 Å². The molecule has 2 rings (SSSR count). The van der Waals surface area contributed by atoms with Gasteiger partial charge in [-0.2, -0.15) is 0 Å². The zero-order valence-corrected chi connectivity index (χ0v) is 12.8. The fraction of sp³-hybridized carbons (Fsp3) is 0.267. The van der Waals surface area contributed by atoms with Gasteiger partial charge < -0.3 is 5.32 Å². The summed E-state index contributed by atoms with van der Waals surface area (Å²) in [5, 5.41) is 13.2. The summed E-state index contributed by atoms with van der Waals surface area (Å²) < 4.78 is 1.43. The van der Waals surface area contributed by atoms with E-state index in [1.165, 1.54) is 35.2 Å². The van der Waals surface area contributed by atoms with Crippen LogP contribution in [-0.2, 0) is 6.54 Å². The van der Waals surface area contributed by atoms with Crippen LogP contribution in [0.4, 0.5) is 5.69 Å². The maximum atomic E-state index is 12.0. The van der Waals surface area contributed by atoms with E-state index in [0.29, 0.717) is 23.4 Å². The molecule has 8 nitrogen and oxygen atoms in total. The summed E-state index contributed by atoms with van der Waals surface area (Å²) in [6.45, 7) is 4.01. The molecule has 0 aliphatic carbocycles. The standard InChI is InChI=1S/C15H16N4O4/c1-10-11(2)17-9-18(15(10)21)8-7-16-14(20)12-3-5-13(6-4-12)19(22)23/h3-6,9H,7-8H2,1-2H3,(H,16,20). The first kappa shape index (κ1) is 16.3. The molecule has 0 radical (unpaired) electrons. The van der Waals surface area contributed by atoms with E-state index < -0.39 is 4.92 Å². The van der Waals surface area contributed by atoms with Crippen molar-refractivity contribution in [2.24, 2.45) is 0 Å². The summed E-state index contributed by atoms with van der Waals surface area (Å²) in [6, 6.07) is 5.31. The number of amides is 1. The molecule has 0 spiro atoms. The number of hydrogen-bond acceptors (Lipinski definition) is 5. The van der Waals surface area contributed by atoms with Gasteiger partial charge in [0.1, 0.15) is 0 Å². The summed E-state index contributed by atoms with van der Waals surface area (Å²) in [6.07, 6.45) is 1.45. The van der Waals surface area contributed by atoms with Crippen LogP contribution in [0, 0.1) is 24.0 Å². The molecule has 1 heterocycles. The Morgan fingerprint density at radius 1 is 1.30 bits per heavy atom. The van der Waals surface area contributed by atoms with Crippen LogP contribution in [0.25, 0.3) is 0 Å². The summed E-state index contributed by atoms with van der Waals surface area (Å²) in [7, 11) is 0. The highest BCUT2D eigenvalue weighted by atomic mass is 16.6. The van der Waals surface area contributed by atoms with Crippen molar-refractivity contribution in [2.45, 2.75) is 20.4 Å². The third kappa shape index (κ3) is 3.79. The van der Waals surface area contributed by atoms with Crippen molar-refractivity contribution in [3.8, 4) is 0 Å². The van der Waals surface area contributed by atoms with E-state index >= 15 is 0 Å². The van der Waals surface area contributed by atoms with Gasteiger partial charge in [0.05, 0.1) is 11.3 Å². The Balaban J connectivity index is 1.96. The molecule has 0 atom stereocenters. The van der Waals surface area contributed by atoms with E-state index in [1.807, 2.05) is 0 Å². The molecule has 1 amide bonds. The van der Waals surface area contributed by atoms with Crippen molar-refractivity contribution in [3.63, 3.8) is 0 Å². The molecular weight excluding hydrogens is 300 g/mol. The molecule has 1 aromatic heterocycles. The van der Waals surface area contributed by atoms with Gasteiger partial charge in [-0.25, -0.2) is 4.98 Å². The quantitative estimate of drug-likeness (QED) is 0.659. The molecular formula is C15H16N4O4. The first-order chi connectivity index (χ1) is 10.9. The monoisotopic (exact) mass is 316 g/mol. The third-order valence-corrected chi connectivity index (χ3v) is 3.49. The number of nitro groups is 1. The van der Waals surface area contributed by atoms with Crippen molar-refractivity contribution >= 4 is 11.6 Å². The summed E-state index contributed by atoms with van der Waals surface area (Å²) in [5.74, 6) is -0.357. The van der Waals surface area contributed by atoms with E-state index in [2.05, 4.69) is 10.3 Å². The van der Waals surface area contributed by atoms with Gasteiger partial charge in [-0.05, 0) is 26.0 Å². The summed E-state index contributed by atoms with van der Waals surface area (Å²) in [5.41, 5.74) is 1.37. The molecule has 0 aliphatic heterocycles. The number of carbonyl (C=O) groups is 1. The van der Waals surface area contributed by atoms with Crippen LogP contribution in [0.1, 0.15) is 21.6 Å². The van der Waals surface area contributed by atoms with Crippen LogP contribution < -0.4 is 10.9 Å². The number of aryl methyl sites for hydroxylation is 1. The molecule has 0 unspecified atom stereocenters. The number of rotatable bonds is 5. The highest BCUT2D eigenvalue weighted by Gasteiger charge is 2.09. The zero-order chi connectivity index (χ0) is 17.0. The van der Waals surface area contributed by atoms with E-state index in [1.54, 1.807) is 13.8 Å². The topological polar surface area (TPSA) is 107 Å². The number of non-ortho nitro benzene ring substituents is 1. The lowest BCUT2D eigenvalue weighted by atomic mass is 10.2. The Labute approximate surface area is 131 Å². The van der Waals surface area contributed by atoms with Gasteiger partial charge in [-0.1, -0.05) is 0 Å². The Hall–Kier alpha value is -3.03. The number of nitrogens with one attached hydrogen (secondary N) is 1. The van der Waals surface area contributed by atoms with Crippen molar-refractivity contribution in [1.29, 1.82) is 0 Å². The van der Waals surface area contributed by atoms with Crippen LogP contribution >= 0.6 is 0 Å². The Bertz CT molecular complexity index is 796. The Kier molecular flexibility index (Phi) is 4.85. The summed E-state index contributed by atoms with van der Waals surface area (Å²) in [4.78, 5) is 38.1. The van der Waals surface area contributed by atoms with E-state index in [4.69, 9.17) is 0 Å². The van der Waals surface area contributed by atoms with Crippen molar-refractivity contribution in [2.75, 3.05) is 6.54 Å². The van der Waals surface area contributed by atoms with Crippen molar-refractivity contribution in [1.82, 2.24) is 14.9 Å². The highest BCUT2D eigenvalue weighted by Crippen LogP contribution is 2.11. The molecule has 1 aromatic carbocycles.